The van der Waals surface area contributed by atoms with E-state index in [1.54, 1.807) is 6.92 Å². The zero-order valence-corrected chi connectivity index (χ0v) is 15.8. The lowest BCUT2D eigenvalue weighted by Crippen LogP contribution is -2.48. The van der Waals surface area contributed by atoms with Gasteiger partial charge in [-0.2, -0.15) is 5.10 Å². The van der Waals surface area contributed by atoms with Crippen LogP contribution in [0.25, 0.3) is 0 Å². The number of rotatable bonds is 4. The van der Waals surface area contributed by atoms with E-state index in [0.717, 1.165) is 44.1 Å². The number of likely N-dealkylation sites (tertiary alicyclic amines) is 1. The maximum atomic E-state index is 11.4. The van der Waals surface area contributed by atoms with Gasteiger partial charge >= 0.3 is 0 Å². The Morgan fingerprint density at radius 3 is 2.52 bits per heavy atom. The molecule has 1 amide bonds. The number of aromatic nitrogens is 2. The summed E-state index contributed by atoms with van der Waals surface area (Å²) in [4.78, 5) is 18.1. The molecule has 0 N–H and O–H groups in total. The summed E-state index contributed by atoms with van der Waals surface area (Å²) in [5.41, 5.74) is 1.10. The Morgan fingerprint density at radius 2 is 1.92 bits per heavy atom. The molecule has 1 aromatic rings. The summed E-state index contributed by atoms with van der Waals surface area (Å²) in [6.07, 6.45) is 3.60. The van der Waals surface area contributed by atoms with Gasteiger partial charge in [-0.15, -0.1) is 5.10 Å². The molecule has 3 heterocycles. The third-order valence-corrected chi connectivity index (χ3v) is 5.53. The van der Waals surface area contributed by atoms with Crippen molar-refractivity contribution in [2.75, 3.05) is 44.2 Å². The fraction of sp³-hybridized carbons (Fsp3) is 0.737. The minimum absolute atomic E-state index is 0.156. The van der Waals surface area contributed by atoms with E-state index >= 15 is 0 Å². The highest BCUT2D eigenvalue weighted by atomic mass is 16.2. The average Bonchev–Trinajstić information content (AvgIpc) is 2.63. The third-order valence-electron chi connectivity index (χ3n) is 5.53. The molecular weight excluding hydrogens is 314 g/mol. The molecule has 2 fully saturated rings. The fourth-order valence-electron chi connectivity index (χ4n) is 3.91. The summed E-state index contributed by atoms with van der Waals surface area (Å²) >= 11 is 0. The van der Waals surface area contributed by atoms with Gasteiger partial charge in [-0.1, -0.05) is 0 Å². The average molecular weight is 345 g/mol. The number of hydrogen-bond donors (Lipinski definition) is 0. The Bertz CT molecular complexity index is 566. The Hall–Kier alpha value is -1.69. The van der Waals surface area contributed by atoms with Gasteiger partial charge in [0, 0.05) is 45.7 Å². The molecule has 0 bridgehead atoms. The maximum absolute atomic E-state index is 11.4. The number of piperazine rings is 1. The van der Waals surface area contributed by atoms with Crippen molar-refractivity contribution in [2.45, 2.75) is 46.1 Å². The minimum atomic E-state index is 0.156. The summed E-state index contributed by atoms with van der Waals surface area (Å²) in [5.74, 6) is 1.78. The maximum Gasteiger partial charge on any atom is 0.219 e. The number of amides is 1. The van der Waals surface area contributed by atoms with Crippen molar-refractivity contribution in [2.24, 2.45) is 5.92 Å². The quantitative estimate of drug-likeness (QED) is 0.833. The first kappa shape index (κ1) is 18.1. The van der Waals surface area contributed by atoms with Crippen molar-refractivity contribution in [3.63, 3.8) is 0 Å². The monoisotopic (exact) mass is 345 g/mol. The van der Waals surface area contributed by atoms with Crippen molar-refractivity contribution in [3.05, 3.63) is 17.8 Å². The smallest absolute Gasteiger partial charge is 0.219 e. The second-order valence-corrected chi connectivity index (χ2v) is 7.68. The zero-order valence-electron chi connectivity index (χ0n) is 15.8. The molecule has 25 heavy (non-hydrogen) atoms. The van der Waals surface area contributed by atoms with Crippen LogP contribution in [-0.4, -0.2) is 71.2 Å². The predicted octanol–water partition coefficient (Wildman–Crippen LogP) is 1.81. The highest BCUT2D eigenvalue weighted by molar-refractivity contribution is 5.73. The molecule has 0 spiro atoms. The molecule has 2 saturated heterocycles. The van der Waals surface area contributed by atoms with Crippen LogP contribution in [0.1, 0.15) is 39.3 Å². The van der Waals surface area contributed by atoms with Crippen molar-refractivity contribution >= 4 is 11.7 Å². The number of piperidine rings is 1. The summed E-state index contributed by atoms with van der Waals surface area (Å²) < 4.78 is 0. The van der Waals surface area contributed by atoms with Gasteiger partial charge in [0.25, 0.3) is 0 Å². The summed E-state index contributed by atoms with van der Waals surface area (Å²) in [5, 5.41) is 8.93. The van der Waals surface area contributed by atoms with Gasteiger partial charge in [0.15, 0.2) is 5.82 Å². The summed E-state index contributed by atoms with van der Waals surface area (Å²) in [7, 11) is 0. The SMILES string of the molecule is CC(=O)N1CCN(c2ccc(C[C@H]3CCCN(C(C)C)C3)nn2)CC1. The Balaban J connectivity index is 1.53. The molecular formula is C19H31N5O. The molecule has 0 radical (unpaired) electrons. The van der Waals surface area contributed by atoms with Crippen LogP contribution in [0.5, 0.6) is 0 Å². The molecule has 6 nitrogen and oxygen atoms in total. The van der Waals surface area contributed by atoms with Crippen molar-refractivity contribution in [1.29, 1.82) is 0 Å². The summed E-state index contributed by atoms with van der Waals surface area (Å²) in [6, 6.07) is 4.85. The van der Waals surface area contributed by atoms with E-state index in [4.69, 9.17) is 0 Å². The van der Waals surface area contributed by atoms with Crippen LogP contribution in [0, 0.1) is 5.92 Å². The largest absolute Gasteiger partial charge is 0.352 e. The highest BCUT2D eigenvalue weighted by Gasteiger charge is 2.23. The first-order chi connectivity index (χ1) is 12.0. The van der Waals surface area contributed by atoms with Crippen LogP contribution < -0.4 is 4.90 Å². The molecule has 1 atom stereocenters. The second kappa shape index (κ2) is 8.13. The van der Waals surface area contributed by atoms with Gasteiger partial charge in [0.2, 0.25) is 5.91 Å². The molecule has 2 aliphatic rings. The van der Waals surface area contributed by atoms with Gasteiger partial charge in [-0.05, 0) is 57.7 Å². The standard InChI is InChI=1S/C19H31N5O/c1-15(2)24-8-4-5-17(14-24)13-18-6-7-19(21-20-18)23-11-9-22(10-12-23)16(3)25/h6-7,15,17H,4-5,8-14H2,1-3H3/t17-/m1/s1. The minimum Gasteiger partial charge on any atom is -0.352 e. The van der Waals surface area contributed by atoms with Gasteiger partial charge in [-0.25, -0.2) is 0 Å². The fourth-order valence-corrected chi connectivity index (χ4v) is 3.91. The zero-order chi connectivity index (χ0) is 17.8. The van der Waals surface area contributed by atoms with Crippen molar-refractivity contribution in [3.8, 4) is 0 Å². The van der Waals surface area contributed by atoms with E-state index in [9.17, 15) is 4.79 Å². The van der Waals surface area contributed by atoms with Gasteiger partial charge in [0.1, 0.15) is 0 Å². The Labute approximate surface area is 151 Å². The van der Waals surface area contributed by atoms with Gasteiger partial charge in [-0.3, -0.25) is 4.79 Å². The van der Waals surface area contributed by atoms with Crippen LogP contribution in [0.3, 0.4) is 0 Å². The topological polar surface area (TPSA) is 52.6 Å². The number of carbonyl (C=O) groups is 1. The number of hydrogen-bond acceptors (Lipinski definition) is 5. The van der Waals surface area contributed by atoms with Crippen LogP contribution in [-0.2, 0) is 11.2 Å². The van der Waals surface area contributed by atoms with Crippen LogP contribution in [0.4, 0.5) is 5.82 Å². The molecule has 3 rings (SSSR count). The Morgan fingerprint density at radius 1 is 1.16 bits per heavy atom. The lowest BCUT2D eigenvalue weighted by atomic mass is 9.92. The normalized spacial score (nSPS) is 22.5. The van der Waals surface area contributed by atoms with Gasteiger partial charge < -0.3 is 14.7 Å². The Kier molecular flexibility index (Phi) is 5.89. The number of carbonyl (C=O) groups excluding carboxylic acids is 1. The number of anilines is 1. The van der Waals surface area contributed by atoms with E-state index in [2.05, 4.69) is 46.0 Å². The van der Waals surface area contributed by atoms with E-state index in [1.165, 1.54) is 25.9 Å². The highest BCUT2D eigenvalue weighted by Crippen LogP contribution is 2.22. The predicted molar refractivity (Wildman–Crippen MR) is 99.6 cm³/mol. The first-order valence-electron chi connectivity index (χ1n) is 9.60. The molecule has 0 unspecified atom stereocenters. The van der Waals surface area contributed by atoms with Crippen molar-refractivity contribution < 1.29 is 4.79 Å². The second-order valence-electron chi connectivity index (χ2n) is 7.68. The lowest BCUT2D eigenvalue weighted by molar-refractivity contribution is -0.129. The molecule has 0 aromatic carbocycles. The lowest BCUT2D eigenvalue weighted by Gasteiger charge is -2.35. The van der Waals surface area contributed by atoms with E-state index < -0.39 is 0 Å². The molecule has 0 saturated carbocycles. The van der Waals surface area contributed by atoms with E-state index in [1.807, 2.05) is 4.90 Å². The molecule has 0 aliphatic carbocycles. The van der Waals surface area contributed by atoms with E-state index in [0.29, 0.717) is 12.0 Å². The van der Waals surface area contributed by atoms with Gasteiger partial charge in [0.05, 0.1) is 5.69 Å². The third kappa shape index (κ3) is 4.69. The molecule has 1 aromatic heterocycles. The number of nitrogens with zero attached hydrogens (tertiary/aromatic N) is 5. The van der Waals surface area contributed by atoms with Crippen LogP contribution in [0.15, 0.2) is 12.1 Å². The van der Waals surface area contributed by atoms with Crippen LogP contribution in [0.2, 0.25) is 0 Å². The van der Waals surface area contributed by atoms with Crippen LogP contribution >= 0.6 is 0 Å². The molecule has 138 valence electrons. The van der Waals surface area contributed by atoms with Crippen molar-refractivity contribution in [1.82, 2.24) is 20.0 Å². The summed E-state index contributed by atoms with van der Waals surface area (Å²) in [6.45, 7) is 11.8. The molecule has 6 heteroatoms. The first-order valence-corrected chi connectivity index (χ1v) is 9.60. The molecule has 2 aliphatic heterocycles. The van der Waals surface area contributed by atoms with E-state index in [-0.39, 0.29) is 5.91 Å².